The second kappa shape index (κ2) is 7.81. The average Bonchev–Trinajstić information content (AvgIpc) is 2.56. The molecule has 120 valence electrons. The van der Waals surface area contributed by atoms with Gasteiger partial charge in [0, 0.05) is 12.1 Å². The van der Waals surface area contributed by atoms with Crippen molar-refractivity contribution in [1.29, 1.82) is 0 Å². The molecule has 0 aliphatic carbocycles. The van der Waals surface area contributed by atoms with Crippen molar-refractivity contribution in [3.05, 3.63) is 60.2 Å². The van der Waals surface area contributed by atoms with Gasteiger partial charge in [-0.25, -0.2) is 9.86 Å². The zero-order chi connectivity index (χ0) is 16.7. The van der Waals surface area contributed by atoms with Crippen LogP contribution in [0.1, 0.15) is 10.4 Å². The van der Waals surface area contributed by atoms with Crippen molar-refractivity contribution >= 4 is 11.9 Å². The Bertz CT molecular complexity index is 659. The number of urea groups is 1. The Morgan fingerprint density at radius 2 is 1.65 bits per heavy atom. The Morgan fingerprint density at radius 3 is 2.26 bits per heavy atom. The number of nitrogens with one attached hydrogen (secondary N) is 1. The Hall–Kier alpha value is -3.06. The lowest BCUT2D eigenvalue weighted by Crippen LogP contribution is -2.39. The molecule has 4 N–H and O–H groups in total. The molecule has 0 unspecified atom stereocenters. The zero-order valence-electron chi connectivity index (χ0n) is 12.3. The van der Waals surface area contributed by atoms with Gasteiger partial charge in [0.15, 0.2) is 0 Å². The Labute approximate surface area is 133 Å². The molecule has 3 amide bonds. The van der Waals surface area contributed by atoms with Crippen LogP contribution in [0.2, 0.25) is 0 Å². The third-order valence-electron chi connectivity index (χ3n) is 2.96. The number of nitrogens with two attached hydrogens (primary N) is 1. The summed E-state index contributed by atoms with van der Waals surface area (Å²) in [5, 5.41) is 12.0. The molecule has 0 bridgehead atoms. The molecule has 0 saturated carbocycles. The molecular formula is C16H17N3O4. The maximum absolute atomic E-state index is 11.9. The normalized spacial score (nSPS) is 9.96. The molecule has 2 aromatic rings. The lowest BCUT2D eigenvalue weighted by Gasteiger charge is -2.12. The van der Waals surface area contributed by atoms with Gasteiger partial charge in [0.2, 0.25) is 0 Å². The van der Waals surface area contributed by atoms with E-state index in [1.807, 2.05) is 30.3 Å². The molecule has 2 aromatic carbocycles. The molecule has 0 aliphatic heterocycles. The van der Waals surface area contributed by atoms with Crippen LogP contribution in [-0.4, -0.2) is 35.3 Å². The number of nitrogens with zero attached hydrogens (tertiary/aromatic N) is 1. The van der Waals surface area contributed by atoms with Crippen molar-refractivity contribution in [3.63, 3.8) is 0 Å². The minimum Gasteiger partial charge on any atom is -0.457 e. The van der Waals surface area contributed by atoms with Gasteiger partial charge in [-0.1, -0.05) is 18.2 Å². The molecule has 0 saturated heterocycles. The Morgan fingerprint density at radius 1 is 1.04 bits per heavy atom. The fraction of sp³-hybridized carbons (Fsp3) is 0.125. The van der Waals surface area contributed by atoms with Crippen LogP contribution in [0, 0.1) is 0 Å². The summed E-state index contributed by atoms with van der Waals surface area (Å²) in [6.07, 6.45) is 0. The fourth-order valence-corrected chi connectivity index (χ4v) is 1.79. The van der Waals surface area contributed by atoms with Crippen LogP contribution in [0.25, 0.3) is 0 Å². The standard InChI is InChI=1S/C16H17N3O4/c17-16(21)19(22)11-10-18-15(20)12-6-8-14(9-7-12)23-13-4-2-1-3-5-13/h1-9,22H,10-11H2,(H2,17,21)(H,18,20). The molecule has 0 aliphatic rings. The van der Waals surface area contributed by atoms with Gasteiger partial charge >= 0.3 is 6.03 Å². The molecular weight excluding hydrogens is 298 g/mol. The van der Waals surface area contributed by atoms with Gasteiger partial charge in [0.05, 0.1) is 6.54 Å². The smallest absolute Gasteiger partial charge is 0.338 e. The lowest BCUT2D eigenvalue weighted by molar-refractivity contribution is -0.0376. The van der Waals surface area contributed by atoms with Gasteiger partial charge in [-0.15, -0.1) is 0 Å². The Kier molecular flexibility index (Phi) is 5.54. The summed E-state index contributed by atoms with van der Waals surface area (Å²) in [5.41, 5.74) is 5.29. The first-order valence-electron chi connectivity index (χ1n) is 6.93. The highest BCUT2D eigenvalue weighted by molar-refractivity contribution is 5.94. The van der Waals surface area contributed by atoms with E-state index in [9.17, 15) is 9.59 Å². The average molecular weight is 315 g/mol. The van der Waals surface area contributed by atoms with Crippen LogP contribution < -0.4 is 15.8 Å². The minimum atomic E-state index is -0.971. The van der Waals surface area contributed by atoms with Crippen LogP contribution >= 0.6 is 0 Å². The van der Waals surface area contributed by atoms with Crippen LogP contribution in [0.15, 0.2) is 54.6 Å². The van der Waals surface area contributed by atoms with Crippen LogP contribution in [0.3, 0.4) is 0 Å². The maximum atomic E-state index is 11.9. The number of carbonyl (C=O) groups is 2. The predicted octanol–water partition coefficient (Wildman–Crippen LogP) is 1.98. The van der Waals surface area contributed by atoms with Crippen molar-refractivity contribution in [3.8, 4) is 11.5 Å². The van der Waals surface area contributed by atoms with E-state index in [0.717, 1.165) is 0 Å². The number of carbonyl (C=O) groups excluding carboxylic acids is 2. The Balaban J connectivity index is 1.86. The first kappa shape index (κ1) is 16.3. The lowest BCUT2D eigenvalue weighted by atomic mass is 10.2. The monoisotopic (exact) mass is 315 g/mol. The second-order valence-electron chi connectivity index (χ2n) is 4.66. The topological polar surface area (TPSA) is 105 Å². The van der Waals surface area contributed by atoms with Gasteiger partial charge in [-0.05, 0) is 36.4 Å². The summed E-state index contributed by atoms with van der Waals surface area (Å²) in [6.45, 7) is -0.00316. The largest absolute Gasteiger partial charge is 0.457 e. The molecule has 0 radical (unpaired) electrons. The summed E-state index contributed by atoms with van der Waals surface area (Å²) in [6, 6.07) is 14.9. The number of rotatable bonds is 6. The number of hydroxylamine groups is 2. The van der Waals surface area contributed by atoms with Crippen molar-refractivity contribution in [2.45, 2.75) is 0 Å². The number of hydrogen-bond acceptors (Lipinski definition) is 4. The second-order valence-corrected chi connectivity index (χ2v) is 4.66. The molecule has 23 heavy (non-hydrogen) atoms. The molecule has 0 spiro atoms. The van der Waals surface area contributed by atoms with Gasteiger partial charge in [0.25, 0.3) is 5.91 Å². The first-order valence-corrected chi connectivity index (χ1v) is 6.93. The fourth-order valence-electron chi connectivity index (χ4n) is 1.79. The third kappa shape index (κ3) is 5.01. The van der Waals surface area contributed by atoms with Crippen molar-refractivity contribution < 1.29 is 19.5 Å². The first-order chi connectivity index (χ1) is 11.1. The maximum Gasteiger partial charge on any atom is 0.338 e. The number of hydrogen-bond donors (Lipinski definition) is 3. The molecule has 0 atom stereocenters. The summed E-state index contributed by atoms with van der Waals surface area (Å²) < 4.78 is 5.63. The highest BCUT2D eigenvalue weighted by Crippen LogP contribution is 2.20. The quantitative estimate of drug-likeness (QED) is 0.560. The van der Waals surface area contributed by atoms with Gasteiger partial charge in [-0.3, -0.25) is 10.0 Å². The van der Waals surface area contributed by atoms with Gasteiger partial charge in [-0.2, -0.15) is 0 Å². The number of para-hydroxylation sites is 1. The number of primary amides is 1. The van der Waals surface area contributed by atoms with E-state index in [0.29, 0.717) is 22.1 Å². The highest BCUT2D eigenvalue weighted by Gasteiger charge is 2.08. The molecule has 7 heteroatoms. The highest BCUT2D eigenvalue weighted by atomic mass is 16.5. The molecule has 7 nitrogen and oxygen atoms in total. The van der Waals surface area contributed by atoms with E-state index >= 15 is 0 Å². The summed E-state index contributed by atoms with van der Waals surface area (Å²) in [4.78, 5) is 22.5. The predicted molar refractivity (Wildman–Crippen MR) is 83.4 cm³/mol. The number of amides is 3. The number of benzene rings is 2. The molecule has 0 heterocycles. The van der Waals surface area contributed by atoms with E-state index in [1.165, 1.54) is 0 Å². The van der Waals surface area contributed by atoms with Gasteiger partial charge in [0.1, 0.15) is 11.5 Å². The van der Waals surface area contributed by atoms with Gasteiger partial charge < -0.3 is 15.8 Å². The van der Waals surface area contributed by atoms with Crippen LogP contribution in [-0.2, 0) is 0 Å². The third-order valence-corrected chi connectivity index (χ3v) is 2.96. The van der Waals surface area contributed by atoms with Crippen LogP contribution in [0.5, 0.6) is 11.5 Å². The SMILES string of the molecule is NC(=O)N(O)CCNC(=O)c1ccc(Oc2ccccc2)cc1. The van der Waals surface area contributed by atoms with Crippen molar-refractivity contribution in [2.75, 3.05) is 13.1 Å². The minimum absolute atomic E-state index is 0.0839. The molecule has 0 aromatic heterocycles. The summed E-state index contributed by atoms with van der Waals surface area (Å²) in [5.74, 6) is 0.997. The van der Waals surface area contributed by atoms with E-state index < -0.39 is 6.03 Å². The van der Waals surface area contributed by atoms with Crippen LogP contribution in [0.4, 0.5) is 4.79 Å². The van der Waals surface area contributed by atoms with Crippen molar-refractivity contribution in [2.24, 2.45) is 5.73 Å². The van der Waals surface area contributed by atoms with E-state index in [1.54, 1.807) is 24.3 Å². The number of ether oxygens (including phenoxy) is 1. The van der Waals surface area contributed by atoms with Crippen molar-refractivity contribution in [1.82, 2.24) is 10.4 Å². The summed E-state index contributed by atoms with van der Waals surface area (Å²) in [7, 11) is 0. The molecule has 2 rings (SSSR count). The zero-order valence-corrected chi connectivity index (χ0v) is 12.3. The molecule has 0 fully saturated rings. The van der Waals surface area contributed by atoms with E-state index in [4.69, 9.17) is 15.7 Å². The summed E-state index contributed by atoms with van der Waals surface area (Å²) >= 11 is 0. The van der Waals surface area contributed by atoms with E-state index in [2.05, 4.69) is 5.32 Å². The van der Waals surface area contributed by atoms with E-state index in [-0.39, 0.29) is 19.0 Å².